The topological polar surface area (TPSA) is 72.7 Å². The van der Waals surface area contributed by atoms with E-state index in [1.807, 2.05) is 0 Å². The van der Waals surface area contributed by atoms with Gasteiger partial charge in [0, 0.05) is 6.54 Å². The van der Waals surface area contributed by atoms with Crippen molar-refractivity contribution in [1.82, 2.24) is 19.5 Å². The van der Waals surface area contributed by atoms with Gasteiger partial charge in [-0.15, -0.1) is 0 Å². The lowest BCUT2D eigenvalue weighted by atomic mass is 10.4. The smallest absolute Gasteiger partial charge is 0.268 e. The quantitative estimate of drug-likeness (QED) is 0.902. The summed E-state index contributed by atoms with van der Waals surface area (Å²) in [5, 5.41) is 3.15. The van der Waals surface area contributed by atoms with E-state index in [1.165, 1.54) is 10.9 Å². The van der Waals surface area contributed by atoms with E-state index in [4.69, 9.17) is 0 Å². The van der Waals surface area contributed by atoms with E-state index < -0.39 is 0 Å². The van der Waals surface area contributed by atoms with Gasteiger partial charge in [-0.25, -0.2) is 9.97 Å². The summed E-state index contributed by atoms with van der Waals surface area (Å²) in [6, 6.07) is 0. The molecule has 0 amide bonds. The Bertz CT molecular complexity index is 638. The molecule has 106 valence electrons. The van der Waals surface area contributed by atoms with Crippen LogP contribution in [0.2, 0.25) is 0 Å². The van der Waals surface area contributed by atoms with Crippen LogP contribution in [-0.2, 0) is 6.54 Å². The van der Waals surface area contributed by atoms with Crippen molar-refractivity contribution in [3.05, 3.63) is 44.9 Å². The zero-order valence-electron chi connectivity index (χ0n) is 11.4. The molecule has 7 heteroatoms. The van der Waals surface area contributed by atoms with Crippen molar-refractivity contribution in [1.29, 1.82) is 0 Å². The van der Waals surface area contributed by atoms with E-state index in [-0.39, 0.29) is 5.56 Å². The van der Waals surface area contributed by atoms with Crippen LogP contribution in [0.3, 0.4) is 0 Å². The van der Waals surface area contributed by atoms with Gasteiger partial charge in [0.15, 0.2) is 0 Å². The van der Waals surface area contributed by atoms with Crippen molar-refractivity contribution in [2.24, 2.45) is 0 Å². The zero-order valence-corrected chi connectivity index (χ0v) is 13.0. The predicted molar refractivity (Wildman–Crippen MR) is 80.8 cm³/mol. The zero-order chi connectivity index (χ0) is 14.5. The summed E-state index contributed by atoms with van der Waals surface area (Å²) in [6.07, 6.45) is 5.89. The minimum absolute atomic E-state index is 0.118. The Balaban J connectivity index is 2.14. The third-order valence-corrected chi connectivity index (χ3v) is 3.66. The number of aromatic nitrogens is 4. The highest BCUT2D eigenvalue weighted by atomic mass is 79.9. The molecule has 1 N–H and O–H groups in total. The summed E-state index contributed by atoms with van der Waals surface area (Å²) in [5.74, 6) is 0.742. The molecule has 2 heterocycles. The van der Waals surface area contributed by atoms with Gasteiger partial charge in [-0.2, -0.15) is 0 Å². The van der Waals surface area contributed by atoms with Gasteiger partial charge in [0.2, 0.25) is 0 Å². The summed E-state index contributed by atoms with van der Waals surface area (Å²) >= 11 is 3.24. The summed E-state index contributed by atoms with van der Waals surface area (Å²) in [5.41, 5.74) is 1.27. The summed E-state index contributed by atoms with van der Waals surface area (Å²) in [7, 11) is 0. The van der Waals surface area contributed by atoms with Gasteiger partial charge >= 0.3 is 0 Å². The Morgan fingerprint density at radius 3 is 2.75 bits per heavy atom. The maximum Gasteiger partial charge on any atom is 0.268 e. The van der Waals surface area contributed by atoms with Crippen molar-refractivity contribution >= 4 is 21.7 Å². The second-order valence-electron chi connectivity index (χ2n) is 4.40. The largest absolute Gasteiger partial charge is 0.369 e. The maximum absolute atomic E-state index is 12.0. The van der Waals surface area contributed by atoms with E-state index in [9.17, 15) is 4.79 Å². The van der Waals surface area contributed by atoms with E-state index >= 15 is 0 Å². The van der Waals surface area contributed by atoms with Crippen LogP contribution < -0.4 is 10.9 Å². The summed E-state index contributed by atoms with van der Waals surface area (Å²) in [6.45, 7) is 5.08. The van der Waals surface area contributed by atoms with Crippen LogP contribution in [0.25, 0.3) is 0 Å². The Morgan fingerprint density at radius 1 is 1.30 bits per heavy atom. The van der Waals surface area contributed by atoms with Crippen LogP contribution in [0.15, 0.2) is 28.0 Å². The third kappa shape index (κ3) is 3.41. The molecule has 20 heavy (non-hydrogen) atoms. The highest BCUT2D eigenvalue weighted by Gasteiger charge is 2.06. The lowest BCUT2D eigenvalue weighted by Crippen LogP contribution is -2.23. The van der Waals surface area contributed by atoms with Gasteiger partial charge in [-0.05, 0) is 29.3 Å². The first-order chi connectivity index (χ1) is 9.61. The van der Waals surface area contributed by atoms with Gasteiger partial charge in [-0.1, -0.05) is 6.92 Å². The summed E-state index contributed by atoms with van der Waals surface area (Å²) in [4.78, 5) is 24.7. The highest BCUT2D eigenvalue weighted by molar-refractivity contribution is 9.10. The van der Waals surface area contributed by atoms with E-state index in [0.717, 1.165) is 18.8 Å². The molecular weight excluding hydrogens is 322 g/mol. The fourth-order valence-electron chi connectivity index (χ4n) is 1.61. The second kappa shape index (κ2) is 6.60. The molecular formula is C13H16BrN5O. The van der Waals surface area contributed by atoms with Crippen LogP contribution >= 0.6 is 15.9 Å². The van der Waals surface area contributed by atoms with Gasteiger partial charge < -0.3 is 5.32 Å². The Hall–Kier alpha value is -1.76. The average Bonchev–Trinajstić information content (AvgIpc) is 2.47. The first-order valence-corrected chi connectivity index (χ1v) is 7.17. The van der Waals surface area contributed by atoms with Gasteiger partial charge in [0.1, 0.15) is 10.3 Å². The number of nitrogens with zero attached hydrogens (tertiary/aromatic N) is 4. The van der Waals surface area contributed by atoms with Crippen LogP contribution in [0.1, 0.15) is 24.7 Å². The molecule has 0 unspecified atom stereocenters. The number of anilines is 1. The molecule has 0 bridgehead atoms. The molecule has 0 aliphatic rings. The van der Waals surface area contributed by atoms with Crippen LogP contribution in [-0.4, -0.2) is 26.1 Å². The van der Waals surface area contributed by atoms with Crippen molar-refractivity contribution in [2.75, 3.05) is 11.9 Å². The van der Waals surface area contributed by atoms with Gasteiger partial charge in [-0.3, -0.25) is 14.3 Å². The van der Waals surface area contributed by atoms with Crippen LogP contribution in [0.5, 0.6) is 0 Å². The first kappa shape index (κ1) is 14.6. The summed E-state index contributed by atoms with van der Waals surface area (Å²) < 4.78 is 1.98. The monoisotopic (exact) mass is 337 g/mol. The Morgan fingerprint density at radius 2 is 2.10 bits per heavy atom. The molecule has 0 saturated carbocycles. The number of hydrogen-bond acceptors (Lipinski definition) is 5. The maximum atomic E-state index is 12.0. The van der Waals surface area contributed by atoms with Crippen molar-refractivity contribution in [3.63, 3.8) is 0 Å². The molecule has 2 rings (SSSR count). The van der Waals surface area contributed by atoms with Gasteiger partial charge in [0.25, 0.3) is 5.56 Å². The van der Waals surface area contributed by atoms with E-state index in [0.29, 0.717) is 22.4 Å². The number of rotatable bonds is 5. The third-order valence-electron chi connectivity index (χ3n) is 2.75. The lowest BCUT2D eigenvalue weighted by Gasteiger charge is -2.07. The van der Waals surface area contributed by atoms with E-state index in [2.05, 4.69) is 43.1 Å². The second-order valence-corrected chi connectivity index (χ2v) is 5.19. The Labute approximate surface area is 125 Å². The molecule has 6 nitrogen and oxygen atoms in total. The fraction of sp³-hybridized carbons (Fsp3) is 0.385. The Kier molecular flexibility index (Phi) is 4.84. The fourth-order valence-corrected chi connectivity index (χ4v) is 1.94. The minimum Gasteiger partial charge on any atom is -0.369 e. The molecule has 0 fully saturated rings. The molecule has 2 aromatic rings. The predicted octanol–water partition coefficient (Wildman–Crippen LogP) is 1.97. The first-order valence-electron chi connectivity index (χ1n) is 6.38. The number of halogens is 1. The number of hydrogen-bond donors (Lipinski definition) is 1. The molecule has 0 atom stereocenters. The lowest BCUT2D eigenvalue weighted by molar-refractivity contribution is 0.705. The molecule has 0 radical (unpaired) electrons. The van der Waals surface area contributed by atoms with Crippen LogP contribution in [0.4, 0.5) is 5.82 Å². The van der Waals surface area contributed by atoms with Gasteiger partial charge in [0.05, 0.1) is 36.7 Å². The molecule has 0 saturated heterocycles. The van der Waals surface area contributed by atoms with Crippen molar-refractivity contribution in [3.8, 4) is 0 Å². The van der Waals surface area contributed by atoms with E-state index in [1.54, 1.807) is 19.3 Å². The minimum atomic E-state index is -0.118. The van der Waals surface area contributed by atoms with Crippen LogP contribution in [0, 0.1) is 6.92 Å². The molecule has 2 aromatic heterocycles. The molecule has 0 aromatic carbocycles. The van der Waals surface area contributed by atoms with Crippen molar-refractivity contribution < 1.29 is 0 Å². The molecule has 0 aliphatic carbocycles. The average molecular weight is 338 g/mol. The molecule has 0 aliphatic heterocycles. The number of aryl methyl sites for hydroxylation is 1. The van der Waals surface area contributed by atoms with Crippen molar-refractivity contribution in [2.45, 2.75) is 26.8 Å². The highest BCUT2D eigenvalue weighted by Crippen LogP contribution is 2.07. The normalized spacial score (nSPS) is 10.6. The molecule has 0 spiro atoms. The number of nitrogens with one attached hydrogen (secondary N) is 1. The SMILES string of the molecule is CCCNc1cnc(Cn2cnc(C)c(Br)c2=O)cn1. The standard InChI is InChI=1S/C13H16BrN5O/c1-3-4-15-11-6-16-10(5-17-11)7-19-8-18-9(2)12(14)13(19)20/h5-6,8H,3-4,7H2,1-2H3,(H,15,17).